The molecule has 0 radical (unpaired) electrons. The quantitative estimate of drug-likeness (QED) is 0.743. The fraction of sp³-hybridized carbons (Fsp3) is 0.462. The van der Waals surface area contributed by atoms with Gasteiger partial charge in [0.05, 0.1) is 6.54 Å². The number of nitrogens with one attached hydrogen (secondary N) is 1. The van der Waals surface area contributed by atoms with Gasteiger partial charge in [0.15, 0.2) is 6.10 Å². The Balaban J connectivity index is 2.30. The molecule has 4 N–H and O–H groups in total. The molecule has 0 fully saturated rings. The minimum Gasteiger partial charge on any atom is -0.382 e. The number of rotatable bonds is 6. The Kier molecular flexibility index (Phi) is 5.97. The molecule has 1 aromatic carbocycles. The van der Waals surface area contributed by atoms with Gasteiger partial charge in [-0.2, -0.15) is 13.2 Å². The summed E-state index contributed by atoms with van der Waals surface area (Å²) in [6, 6.07) is 8.74. The molecule has 0 heterocycles. The van der Waals surface area contributed by atoms with E-state index >= 15 is 0 Å². The highest BCUT2D eigenvalue weighted by Gasteiger charge is 2.38. The summed E-state index contributed by atoms with van der Waals surface area (Å²) in [5, 5.41) is 10.8. The van der Waals surface area contributed by atoms with Crippen LogP contribution in [-0.4, -0.2) is 29.8 Å². The van der Waals surface area contributed by atoms with Gasteiger partial charge >= 0.3 is 6.18 Å². The highest BCUT2D eigenvalue weighted by atomic mass is 19.4. The van der Waals surface area contributed by atoms with Gasteiger partial charge in [0, 0.05) is 12.5 Å². The molecule has 0 aromatic heterocycles. The summed E-state index contributed by atoms with van der Waals surface area (Å²) >= 11 is 0. The molecule has 0 bridgehead atoms. The van der Waals surface area contributed by atoms with Crippen LogP contribution in [0.1, 0.15) is 24.4 Å². The fourth-order valence-electron chi connectivity index (χ4n) is 1.57. The fourth-order valence-corrected chi connectivity index (χ4v) is 1.57. The zero-order valence-electron chi connectivity index (χ0n) is 10.7. The molecule has 4 nitrogen and oxygen atoms in total. The van der Waals surface area contributed by atoms with Gasteiger partial charge in [0.1, 0.15) is 0 Å². The molecular formula is C13H17F3N2O2. The van der Waals surface area contributed by atoms with Crippen LogP contribution in [0.3, 0.4) is 0 Å². The Hall–Kier alpha value is -1.60. The average molecular weight is 290 g/mol. The van der Waals surface area contributed by atoms with Crippen molar-refractivity contribution in [2.45, 2.75) is 31.2 Å². The van der Waals surface area contributed by atoms with Crippen LogP contribution in [0, 0.1) is 0 Å². The van der Waals surface area contributed by atoms with E-state index < -0.39 is 24.7 Å². The van der Waals surface area contributed by atoms with E-state index in [0.717, 1.165) is 5.56 Å². The third-order valence-corrected chi connectivity index (χ3v) is 2.78. The van der Waals surface area contributed by atoms with Gasteiger partial charge in [-0.25, -0.2) is 0 Å². The Labute approximate surface area is 114 Å². The van der Waals surface area contributed by atoms with Crippen molar-refractivity contribution in [1.29, 1.82) is 0 Å². The third-order valence-electron chi connectivity index (χ3n) is 2.78. The summed E-state index contributed by atoms with van der Waals surface area (Å²) < 4.78 is 36.0. The molecule has 0 aliphatic rings. The number of alkyl halides is 3. The smallest absolute Gasteiger partial charge is 0.382 e. The van der Waals surface area contributed by atoms with E-state index in [9.17, 15) is 18.0 Å². The predicted molar refractivity (Wildman–Crippen MR) is 67.7 cm³/mol. The molecule has 7 heteroatoms. The molecule has 0 spiro atoms. The maximum Gasteiger partial charge on any atom is 0.416 e. The molecule has 1 aromatic rings. The standard InChI is InChI=1S/C13H17F3N2O2/c14-13(15,16)11(19)8-18-12(20)7-6-10(17)9-4-2-1-3-5-9/h1-5,10-11,19H,6-8,17H2,(H,18,20). The number of hydrogen-bond donors (Lipinski definition) is 3. The van der Waals surface area contributed by atoms with E-state index in [2.05, 4.69) is 0 Å². The van der Waals surface area contributed by atoms with E-state index in [4.69, 9.17) is 10.8 Å². The first-order valence-electron chi connectivity index (χ1n) is 6.12. The van der Waals surface area contributed by atoms with Gasteiger partial charge in [0.25, 0.3) is 0 Å². The van der Waals surface area contributed by atoms with Crippen LogP contribution in [-0.2, 0) is 4.79 Å². The second-order valence-corrected chi connectivity index (χ2v) is 4.42. The molecule has 112 valence electrons. The van der Waals surface area contributed by atoms with Gasteiger partial charge in [0.2, 0.25) is 5.91 Å². The number of amides is 1. The van der Waals surface area contributed by atoms with Crippen molar-refractivity contribution in [2.24, 2.45) is 5.73 Å². The molecule has 0 saturated carbocycles. The minimum absolute atomic E-state index is 0.000633. The van der Waals surface area contributed by atoms with Crippen molar-refractivity contribution >= 4 is 5.91 Å². The lowest BCUT2D eigenvalue weighted by atomic mass is 10.0. The van der Waals surface area contributed by atoms with Crippen LogP contribution >= 0.6 is 0 Å². The number of hydrogen-bond acceptors (Lipinski definition) is 3. The molecule has 0 aliphatic carbocycles. The molecule has 0 saturated heterocycles. The summed E-state index contributed by atoms with van der Waals surface area (Å²) in [6.45, 7) is -0.844. The van der Waals surface area contributed by atoms with Crippen LogP contribution in [0.25, 0.3) is 0 Å². The normalized spacial score (nSPS) is 14.7. The number of halogens is 3. The van der Waals surface area contributed by atoms with Crippen LogP contribution in [0.15, 0.2) is 30.3 Å². The average Bonchev–Trinajstić information content (AvgIpc) is 2.41. The molecule has 2 atom stereocenters. The summed E-state index contributed by atoms with van der Waals surface area (Å²) in [7, 11) is 0. The van der Waals surface area contributed by atoms with Crippen molar-refractivity contribution in [1.82, 2.24) is 5.32 Å². The molecular weight excluding hydrogens is 273 g/mol. The summed E-state index contributed by atoms with van der Waals surface area (Å²) in [5.74, 6) is -0.570. The van der Waals surface area contributed by atoms with Crippen LogP contribution in [0.2, 0.25) is 0 Å². The minimum atomic E-state index is -4.73. The van der Waals surface area contributed by atoms with E-state index in [1.807, 2.05) is 35.6 Å². The largest absolute Gasteiger partial charge is 0.416 e. The zero-order chi connectivity index (χ0) is 15.2. The van der Waals surface area contributed by atoms with Crippen LogP contribution in [0.5, 0.6) is 0 Å². The van der Waals surface area contributed by atoms with Crippen molar-refractivity contribution in [2.75, 3.05) is 6.54 Å². The van der Waals surface area contributed by atoms with Crippen molar-refractivity contribution in [3.63, 3.8) is 0 Å². The van der Waals surface area contributed by atoms with Crippen LogP contribution < -0.4 is 11.1 Å². The predicted octanol–water partition coefficient (Wildman–Crippen LogP) is 1.51. The number of benzene rings is 1. The van der Waals surface area contributed by atoms with Gasteiger partial charge in [-0.1, -0.05) is 30.3 Å². The number of carbonyl (C=O) groups is 1. The molecule has 1 rings (SSSR count). The van der Waals surface area contributed by atoms with Crippen molar-refractivity contribution < 1.29 is 23.1 Å². The van der Waals surface area contributed by atoms with E-state index in [1.165, 1.54) is 0 Å². The number of aliphatic hydroxyl groups excluding tert-OH is 1. The SMILES string of the molecule is NC(CCC(=O)NCC(O)C(F)(F)F)c1ccccc1. The summed E-state index contributed by atoms with van der Waals surface area (Å²) in [4.78, 5) is 11.4. The van der Waals surface area contributed by atoms with Gasteiger partial charge < -0.3 is 16.2 Å². The Morgan fingerprint density at radius 3 is 2.45 bits per heavy atom. The van der Waals surface area contributed by atoms with E-state index in [-0.39, 0.29) is 12.5 Å². The first-order valence-corrected chi connectivity index (χ1v) is 6.12. The van der Waals surface area contributed by atoms with Crippen molar-refractivity contribution in [3.8, 4) is 0 Å². The molecule has 0 aliphatic heterocycles. The van der Waals surface area contributed by atoms with Crippen LogP contribution in [0.4, 0.5) is 13.2 Å². The highest BCUT2D eigenvalue weighted by molar-refractivity contribution is 5.75. The summed E-state index contributed by atoms with van der Waals surface area (Å²) in [5.41, 5.74) is 6.72. The first kappa shape index (κ1) is 16.5. The Bertz CT molecular complexity index is 423. The maximum atomic E-state index is 12.0. The first-order chi connectivity index (χ1) is 9.30. The lowest BCUT2D eigenvalue weighted by molar-refractivity contribution is -0.201. The second kappa shape index (κ2) is 7.25. The number of aliphatic hydroxyl groups is 1. The van der Waals surface area contributed by atoms with Gasteiger partial charge in [-0.3, -0.25) is 4.79 Å². The zero-order valence-corrected chi connectivity index (χ0v) is 10.7. The lowest BCUT2D eigenvalue weighted by Crippen LogP contribution is -2.40. The Morgan fingerprint density at radius 1 is 1.30 bits per heavy atom. The topological polar surface area (TPSA) is 75.4 Å². The molecule has 1 amide bonds. The van der Waals surface area contributed by atoms with E-state index in [0.29, 0.717) is 6.42 Å². The van der Waals surface area contributed by atoms with Gasteiger partial charge in [-0.15, -0.1) is 0 Å². The van der Waals surface area contributed by atoms with E-state index in [1.54, 1.807) is 0 Å². The second-order valence-electron chi connectivity index (χ2n) is 4.42. The molecule has 2 unspecified atom stereocenters. The van der Waals surface area contributed by atoms with Crippen molar-refractivity contribution in [3.05, 3.63) is 35.9 Å². The maximum absolute atomic E-state index is 12.0. The number of carbonyl (C=O) groups excluding carboxylic acids is 1. The van der Waals surface area contributed by atoms with Gasteiger partial charge in [-0.05, 0) is 12.0 Å². The number of nitrogens with two attached hydrogens (primary N) is 1. The third kappa shape index (κ3) is 5.58. The monoisotopic (exact) mass is 290 g/mol. The Morgan fingerprint density at radius 2 is 1.90 bits per heavy atom. The molecule has 20 heavy (non-hydrogen) atoms. The summed E-state index contributed by atoms with van der Waals surface area (Å²) in [6.07, 6.45) is -6.96. The lowest BCUT2D eigenvalue weighted by Gasteiger charge is -2.16. The highest BCUT2D eigenvalue weighted by Crippen LogP contribution is 2.19.